The highest BCUT2D eigenvalue weighted by atomic mass is 35.5. The van der Waals surface area contributed by atoms with Gasteiger partial charge >= 0.3 is 0 Å². The lowest BCUT2D eigenvalue weighted by molar-refractivity contribution is -0.118. The first-order valence-electron chi connectivity index (χ1n) is 9.58. The van der Waals surface area contributed by atoms with E-state index in [0.29, 0.717) is 25.2 Å². The molecule has 9 heteroatoms. The Kier molecular flexibility index (Phi) is 7.32. The normalized spacial score (nSPS) is 14.7. The van der Waals surface area contributed by atoms with Gasteiger partial charge in [-0.1, -0.05) is 30.2 Å². The van der Waals surface area contributed by atoms with Crippen molar-refractivity contribution in [1.29, 1.82) is 5.26 Å². The largest absolute Gasteiger partial charge is 0.482 e. The zero-order chi connectivity index (χ0) is 21.6. The lowest BCUT2D eigenvalue weighted by Gasteiger charge is -2.26. The second-order valence-electron chi connectivity index (χ2n) is 6.93. The summed E-state index contributed by atoms with van der Waals surface area (Å²) in [7, 11) is -3.59. The van der Waals surface area contributed by atoms with Crippen LogP contribution in [-0.2, 0) is 21.2 Å². The first-order valence-corrected chi connectivity index (χ1v) is 11.4. The first kappa shape index (κ1) is 22.1. The molecule has 30 heavy (non-hydrogen) atoms. The van der Waals surface area contributed by atoms with Crippen molar-refractivity contribution in [2.75, 3.05) is 25.0 Å². The highest BCUT2D eigenvalue weighted by Gasteiger charge is 2.26. The van der Waals surface area contributed by atoms with Gasteiger partial charge in [-0.2, -0.15) is 9.57 Å². The molecule has 1 heterocycles. The minimum absolute atomic E-state index is 0.115. The van der Waals surface area contributed by atoms with E-state index in [4.69, 9.17) is 21.6 Å². The number of sulfonamides is 1. The van der Waals surface area contributed by atoms with Gasteiger partial charge in [0.15, 0.2) is 6.61 Å². The van der Waals surface area contributed by atoms with E-state index in [1.54, 1.807) is 24.3 Å². The lowest BCUT2D eigenvalue weighted by Crippen LogP contribution is -2.35. The number of hydrogen-bond donors (Lipinski definition) is 1. The Balaban J connectivity index is 1.59. The van der Waals surface area contributed by atoms with E-state index in [2.05, 4.69) is 11.4 Å². The van der Waals surface area contributed by atoms with Crippen molar-refractivity contribution in [2.24, 2.45) is 0 Å². The third-order valence-corrected chi connectivity index (χ3v) is 6.93. The molecule has 7 nitrogen and oxygen atoms in total. The van der Waals surface area contributed by atoms with Gasteiger partial charge in [0.1, 0.15) is 5.75 Å². The van der Waals surface area contributed by atoms with E-state index in [-0.39, 0.29) is 28.2 Å². The minimum atomic E-state index is -3.59. The Bertz CT molecular complexity index is 1040. The molecule has 0 spiro atoms. The van der Waals surface area contributed by atoms with Gasteiger partial charge in [-0.05, 0) is 48.7 Å². The van der Waals surface area contributed by atoms with Crippen molar-refractivity contribution in [3.05, 3.63) is 53.1 Å². The number of benzene rings is 2. The molecule has 3 rings (SSSR count). The number of nitrogens with zero attached hydrogens (tertiary/aromatic N) is 2. The molecule has 0 aliphatic carbocycles. The Hall–Kier alpha value is -2.60. The van der Waals surface area contributed by atoms with Crippen molar-refractivity contribution in [1.82, 2.24) is 4.31 Å². The fraction of sp³-hybridized carbons (Fsp3) is 0.333. The molecule has 0 aromatic heterocycles. The van der Waals surface area contributed by atoms with Gasteiger partial charge in [-0.15, -0.1) is 0 Å². The Morgan fingerprint density at radius 3 is 2.47 bits per heavy atom. The predicted octanol–water partition coefficient (Wildman–Crippen LogP) is 3.60. The number of carbonyl (C=O) groups is 1. The van der Waals surface area contributed by atoms with Crippen LogP contribution in [0.2, 0.25) is 5.02 Å². The van der Waals surface area contributed by atoms with Crippen LogP contribution in [-0.4, -0.2) is 38.3 Å². The Morgan fingerprint density at radius 1 is 1.13 bits per heavy atom. The van der Waals surface area contributed by atoms with E-state index in [0.717, 1.165) is 24.8 Å². The summed E-state index contributed by atoms with van der Waals surface area (Å²) in [6.45, 7) is 0.740. The molecule has 1 N–H and O–H groups in total. The van der Waals surface area contributed by atoms with Crippen LogP contribution in [0.3, 0.4) is 0 Å². The van der Waals surface area contributed by atoms with Gasteiger partial charge in [0.2, 0.25) is 10.0 Å². The molecule has 158 valence electrons. The van der Waals surface area contributed by atoms with Crippen LogP contribution in [0, 0.1) is 11.3 Å². The number of hydrogen-bond acceptors (Lipinski definition) is 5. The topological polar surface area (TPSA) is 99.5 Å². The number of carbonyl (C=O) groups excluding carboxylic acids is 1. The summed E-state index contributed by atoms with van der Waals surface area (Å²) in [6.07, 6.45) is 3.04. The summed E-state index contributed by atoms with van der Waals surface area (Å²) >= 11 is 6.20. The van der Waals surface area contributed by atoms with Crippen molar-refractivity contribution in [2.45, 2.75) is 30.6 Å². The van der Waals surface area contributed by atoms with Crippen LogP contribution < -0.4 is 10.1 Å². The number of ether oxygens (including phenoxy) is 1. The number of anilines is 1. The maximum absolute atomic E-state index is 12.7. The zero-order valence-electron chi connectivity index (χ0n) is 16.3. The number of piperidine rings is 1. The van der Waals surface area contributed by atoms with Crippen molar-refractivity contribution in [3.63, 3.8) is 0 Å². The standard InChI is InChI=1S/C21H22ClN3O4S/c22-19-14-18(30(27,28)25-12-2-1-3-13-25)8-9-20(19)29-15-21(26)24-17-6-4-16(5-7-17)10-11-23/h4-9,14H,1-3,10,12-13,15H2,(H,24,26). The van der Waals surface area contributed by atoms with Gasteiger partial charge in [0.25, 0.3) is 5.91 Å². The molecule has 2 aromatic rings. The second-order valence-corrected chi connectivity index (χ2v) is 9.27. The van der Waals surface area contributed by atoms with Crippen LogP contribution in [0.15, 0.2) is 47.4 Å². The quantitative estimate of drug-likeness (QED) is 0.699. The molecule has 0 bridgehead atoms. The van der Waals surface area contributed by atoms with Crippen LogP contribution >= 0.6 is 11.6 Å². The molecular formula is C21H22ClN3O4S. The summed E-state index contributed by atoms with van der Waals surface area (Å²) in [4.78, 5) is 12.2. The van der Waals surface area contributed by atoms with E-state index >= 15 is 0 Å². The van der Waals surface area contributed by atoms with Gasteiger partial charge in [0, 0.05) is 18.8 Å². The molecule has 1 fully saturated rings. The van der Waals surface area contributed by atoms with E-state index < -0.39 is 10.0 Å². The van der Waals surface area contributed by atoms with Crippen molar-refractivity contribution in [3.8, 4) is 11.8 Å². The number of halogens is 1. The second kappa shape index (κ2) is 9.94. The summed E-state index contributed by atoms with van der Waals surface area (Å²) in [5, 5.41) is 11.5. The molecule has 0 radical (unpaired) electrons. The molecule has 0 unspecified atom stereocenters. The third-order valence-electron chi connectivity index (χ3n) is 4.74. The molecular weight excluding hydrogens is 426 g/mol. The fourth-order valence-corrected chi connectivity index (χ4v) is 4.99. The van der Waals surface area contributed by atoms with Crippen molar-refractivity contribution >= 4 is 33.2 Å². The maximum Gasteiger partial charge on any atom is 0.262 e. The van der Waals surface area contributed by atoms with Crippen LogP contribution in [0.5, 0.6) is 5.75 Å². The molecule has 0 saturated carbocycles. The van der Waals surface area contributed by atoms with E-state index in [1.807, 2.05) is 0 Å². The van der Waals surface area contributed by atoms with Crippen molar-refractivity contribution < 1.29 is 17.9 Å². The molecule has 0 atom stereocenters. The average molecular weight is 448 g/mol. The van der Waals surface area contributed by atoms with E-state index in [1.165, 1.54) is 22.5 Å². The SMILES string of the molecule is N#CCc1ccc(NC(=O)COc2ccc(S(=O)(=O)N3CCCCC3)cc2Cl)cc1. The van der Waals surface area contributed by atoms with Crippen LogP contribution in [0.1, 0.15) is 24.8 Å². The van der Waals surface area contributed by atoms with Gasteiger partial charge in [-0.25, -0.2) is 8.42 Å². The highest BCUT2D eigenvalue weighted by molar-refractivity contribution is 7.89. The number of amides is 1. The number of nitrogens with one attached hydrogen (secondary N) is 1. The molecule has 2 aromatic carbocycles. The number of nitriles is 1. The lowest BCUT2D eigenvalue weighted by atomic mass is 10.1. The highest BCUT2D eigenvalue weighted by Crippen LogP contribution is 2.29. The van der Waals surface area contributed by atoms with Crippen LogP contribution in [0.25, 0.3) is 0 Å². The summed E-state index contributed by atoms with van der Waals surface area (Å²) < 4.78 is 32.4. The molecule has 1 aliphatic heterocycles. The summed E-state index contributed by atoms with van der Waals surface area (Å²) in [5.41, 5.74) is 1.44. The Morgan fingerprint density at radius 2 is 1.83 bits per heavy atom. The third kappa shape index (κ3) is 5.51. The predicted molar refractivity (Wildman–Crippen MR) is 114 cm³/mol. The average Bonchev–Trinajstić information content (AvgIpc) is 2.75. The maximum atomic E-state index is 12.7. The zero-order valence-corrected chi connectivity index (χ0v) is 17.9. The Labute approximate surface area is 181 Å². The van der Waals surface area contributed by atoms with Crippen LogP contribution in [0.4, 0.5) is 5.69 Å². The van der Waals surface area contributed by atoms with Gasteiger partial charge in [-0.3, -0.25) is 4.79 Å². The fourth-order valence-electron chi connectivity index (χ4n) is 3.15. The van der Waals surface area contributed by atoms with Gasteiger partial charge < -0.3 is 10.1 Å². The smallest absolute Gasteiger partial charge is 0.262 e. The van der Waals surface area contributed by atoms with Gasteiger partial charge in [0.05, 0.1) is 22.4 Å². The minimum Gasteiger partial charge on any atom is -0.482 e. The monoisotopic (exact) mass is 447 g/mol. The number of rotatable bonds is 7. The first-order chi connectivity index (χ1) is 14.4. The molecule has 1 saturated heterocycles. The van der Waals surface area contributed by atoms with E-state index in [9.17, 15) is 13.2 Å². The summed E-state index contributed by atoms with van der Waals surface area (Å²) in [5.74, 6) is -0.155. The summed E-state index contributed by atoms with van der Waals surface area (Å²) in [6, 6.07) is 13.3. The molecule has 1 amide bonds. The molecule has 1 aliphatic rings.